The average Bonchev–Trinajstić information content (AvgIpc) is 3.48. The van der Waals surface area contributed by atoms with E-state index in [1.165, 1.54) is 35.7 Å². The number of nitrogens with one attached hydrogen (secondary N) is 1. The van der Waals surface area contributed by atoms with Crippen LogP contribution >= 0.6 is 11.3 Å². The molecular weight excluding hydrogens is 480 g/mol. The van der Waals surface area contributed by atoms with E-state index in [0.29, 0.717) is 17.7 Å². The lowest BCUT2D eigenvalue weighted by molar-refractivity contribution is -0.386. The summed E-state index contributed by atoms with van der Waals surface area (Å²) in [6, 6.07) is 1.45. The number of aromatic nitrogens is 4. The van der Waals surface area contributed by atoms with Crippen LogP contribution in [0.3, 0.4) is 0 Å². The van der Waals surface area contributed by atoms with Gasteiger partial charge >= 0.3 is 17.6 Å². The van der Waals surface area contributed by atoms with Crippen molar-refractivity contribution in [3.8, 4) is 0 Å². The Morgan fingerprint density at radius 2 is 1.91 bits per heavy atom. The van der Waals surface area contributed by atoms with Crippen LogP contribution in [0.1, 0.15) is 60.8 Å². The van der Waals surface area contributed by atoms with E-state index in [9.17, 15) is 24.5 Å². The summed E-state index contributed by atoms with van der Waals surface area (Å²) < 4.78 is 12.8. The SMILES string of the molecule is CCCOC(=O)c1c(NC(=O)c2ccn(Cn3nc(C)c([N+](=O)[O-])c3C)n2)sc(C(=O)OC)c1C. The van der Waals surface area contributed by atoms with Crippen LogP contribution in [-0.4, -0.2) is 56.0 Å². The van der Waals surface area contributed by atoms with Gasteiger partial charge in [0.15, 0.2) is 5.69 Å². The lowest BCUT2D eigenvalue weighted by atomic mass is 10.1. The van der Waals surface area contributed by atoms with Crippen LogP contribution in [0.4, 0.5) is 10.7 Å². The maximum Gasteiger partial charge on any atom is 0.348 e. The molecule has 0 bridgehead atoms. The monoisotopic (exact) mass is 504 g/mol. The minimum Gasteiger partial charge on any atom is -0.465 e. The number of amides is 1. The van der Waals surface area contributed by atoms with Gasteiger partial charge in [-0.05, 0) is 38.8 Å². The van der Waals surface area contributed by atoms with Crippen LogP contribution in [0.15, 0.2) is 12.3 Å². The largest absolute Gasteiger partial charge is 0.465 e. The molecule has 0 aromatic carbocycles. The van der Waals surface area contributed by atoms with E-state index >= 15 is 0 Å². The highest BCUT2D eigenvalue weighted by Gasteiger charge is 2.28. The number of esters is 2. The molecule has 0 aliphatic heterocycles. The van der Waals surface area contributed by atoms with E-state index in [-0.39, 0.29) is 45.8 Å². The van der Waals surface area contributed by atoms with Crippen molar-refractivity contribution in [2.75, 3.05) is 19.0 Å². The fourth-order valence-corrected chi connectivity index (χ4v) is 4.47. The Labute approximate surface area is 203 Å². The van der Waals surface area contributed by atoms with Crippen LogP contribution in [0.2, 0.25) is 0 Å². The van der Waals surface area contributed by atoms with Gasteiger partial charge in [0.25, 0.3) is 5.91 Å². The molecule has 3 rings (SSSR count). The van der Waals surface area contributed by atoms with Gasteiger partial charge in [0, 0.05) is 6.20 Å². The summed E-state index contributed by atoms with van der Waals surface area (Å²) >= 11 is 0.902. The quantitative estimate of drug-likeness (QED) is 0.262. The Balaban J connectivity index is 1.84. The fourth-order valence-electron chi connectivity index (χ4n) is 3.36. The molecule has 14 heteroatoms. The van der Waals surface area contributed by atoms with E-state index in [2.05, 4.69) is 15.5 Å². The molecule has 186 valence electrons. The van der Waals surface area contributed by atoms with Crippen molar-refractivity contribution in [3.05, 3.63) is 55.5 Å². The Morgan fingerprint density at radius 1 is 1.20 bits per heavy atom. The normalized spacial score (nSPS) is 10.8. The van der Waals surface area contributed by atoms with E-state index in [0.717, 1.165) is 11.3 Å². The van der Waals surface area contributed by atoms with Crippen molar-refractivity contribution in [2.45, 2.75) is 40.8 Å². The molecule has 13 nitrogen and oxygen atoms in total. The molecule has 0 atom stereocenters. The van der Waals surface area contributed by atoms with Gasteiger partial charge in [0.1, 0.15) is 27.9 Å². The third kappa shape index (κ3) is 5.21. The molecule has 0 fully saturated rings. The van der Waals surface area contributed by atoms with Gasteiger partial charge in [-0.1, -0.05) is 6.92 Å². The van der Waals surface area contributed by atoms with Gasteiger partial charge in [-0.15, -0.1) is 11.3 Å². The van der Waals surface area contributed by atoms with Crippen molar-refractivity contribution in [1.29, 1.82) is 0 Å². The minimum absolute atomic E-state index is 0.0274. The number of nitrogens with zero attached hydrogens (tertiary/aromatic N) is 5. The van der Waals surface area contributed by atoms with Crippen LogP contribution < -0.4 is 5.32 Å². The predicted molar refractivity (Wildman–Crippen MR) is 125 cm³/mol. The van der Waals surface area contributed by atoms with Crippen LogP contribution in [-0.2, 0) is 16.1 Å². The zero-order chi connectivity index (χ0) is 25.9. The maximum absolute atomic E-state index is 12.9. The van der Waals surface area contributed by atoms with Gasteiger partial charge in [0.05, 0.1) is 24.2 Å². The first-order valence-corrected chi connectivity index (χ1v) is 11.3. The van der Waals surface area contributed by atoms with Gasteiger partial charge in [-0.2, -0.15) is 10.2 Å². The molecule has 1 N–H and O–H groups in total. The summed E-state index contributed by atoms with van der Waals surface area (Å²) in [5.74, 6) is -1.92. The number of carbonyl (C=O) groups excluding carboxylic acids is 3. The van der Waals surface area contributed by atoms with Gasteiger partial charge in [-0.3, -0.25) is 19.6 Å². The molecule has 0 aliphatic rings. The molecule has 1 amide bonds. The van der Waals surface area contributed by atoms with Crippen molar-refractivity contribution >= 4 is 39.9 Å². The van der Waals surface area contributed by atoms with Crippen molar-refractivity contribution in [2.24, 2.45) is 0 Å². The summed E-state index contributed by atoms with van der Waals surface area (Å²) in [4.78, 5) is 48.5. The lowest BCUT2D eigenvalue weighted by Crippen LogP contribution is -2.17. The Bertz CT molecular complexity index is 1310. The lowest BCUT2D eigenvalue weighted by Gasteiger charge is -2.07. The number of thiophene rings is 1. The Morgan fingerprint density at radius 3 is 2.51 bits per heavy atom. The first-order chi connectivity index (χ1) is 16.6. The van der Waals surface area contributed by atoms with Crippen LogP contribution in [0, 0.1) is 30.9 Å². The molecule has 3 heterocycles. The molecule has 3 aromatic rings. The van der Waals surface area contributed by atoms with E-state index in [1.54, 1.807) is 13.8 Å². The van der Waals surface area contributed by atoms with E-state index in [4.69, 9.17) is 9.47 Å². The highest BCUT2D eigenvalue weighted by Crippen LogP contribution is 2.34. The van der Waals surface area contributed by atoms with Crippen molar-refractivity contribution in [3.63, 3.8) is 0 Å². The summed E-state index contributed by atoms with van der Waals surface area (Å²) in [6.45, 7) is 6.77. The molecule has 3 aromatic heterocycles. The summed E-state index contributed by atoms with van der Waals surface area (Å²) in [5.41, 5.74) is 0.997. The predicted octanol–water partition coefficient (Wildman–Crippen LogP) is 3.09. The summed E-state index contributed by atoms with van der Waals surface area (Å²) in [6.07, 6.45) is 2.13. The third-order valence-electron chi connectivity index (χ3n) is 5.06. The minimum atomic E-state index is -0.664. The van der Waals surface area contributed by atoms with Crippen LogP contribution in [0.25, 0.3) is 0 Å². The number of ether oxygens (including phenoxy) is 2. The molecule has 0 saturated carbocycles. The fraction of sp³-hybridized carbons (Fsp3) is 0.381. The molecule has 0 unspecified atom stereocenters. The molecule has 0 saturated heterocycles. The standard InChI is InChI=1S/C21H24N6O7S/c1-6-9-34-20(29)15-11(2)17(21(30)33-5)35-19(15)22-18(28)14-7-8-25(24-14)10-26-13(4)16(27(31)32)12(3)23-26/h7-8H,6,9-10H2,1-5H3,(H,22,28). The van der Waals surface area contributed by atoms with Crippen LogP contribution in [0.5, 0.6) is 0 Å². The highest BCUT2D eigenvalue weighted by atomic mass is 32.1. The number of rotatable bonds is 9. The number of aryl methyl sites for hydroxylation is 1. The summed E-state index contributed by atoms with van der Waals surface area (Å²) in [5, 5.41) is 22.3. The number of hydrogen-bond donors (Lipinski definition) is 1. The smallest absolute Gasteiger partial charge is 0.348 e. The zero-order valence-corrected chi connectivity index (χ0v) is 20.6. The molecule has 0 aliphatic carbocycles. The second-order valence-corrected chi connectivity index (χ2v) is 8.52. The topological polar surface area (TPSA) is 160 Å². The number of anilines is 1. The Kier molecular flexibility index (Phi) is 7.64. The first-order valence-electron chi connectivity index (χ1n) is 10.5. The van der Waals surface area contributed by atoms with Gasteiger partial charge in [0.2, 0.25) is 0 Å². The zero-order valence-electron chi connectivity index (χ0n) is 19.8. The van der Waals surface area contributed by atoms with Crippen molar-refractivity contribution in [1.82, 2.24) is 19.6 Å². The van der Waals surface area contributed by atoms with E-state index in [1.807, 2.05) is 6.92 Å². The number of methoxy groups -OCH3 is 1. The number of hydrogen-bond acceptors (Lipinski definition) is 10. The molecule has 35 heavy (non-hydrogen) atoms. The highest BCUT2D eigenvalue weighted by molar-refractivity contribution is 7.18. The third-order valence-corrected chi connectivity index (χ3v) is 6.25. The average molecular weight is 505 g/mol. The second kappa shape index (κ2) is 10.5. The molecule has 0 spiro atoms. The number of nitro groups is 1. The first kappa shape index (κ1) is 25.6. The second-order valence-electron chi connectivity index (χ2n) is 7.50. The molecule has 0 radical (unpaired) electrons. The van der Waals surface area contributed by atoms with Gasteiger partial charge in [-0.25, -0.2) is 14.3 Å². The van der Waals surface area contributed by atoms with E-state index < -0.39 is 22.8 Å². The van der Waals surface area contributed by atoms with Gasteiger partial charge < -0.3 is 14.8 Å². The maximum atomic E-state index is 12.9. The number of carbonyl (C=O) groups is 3. The van der Waals surface area contributed by atoms with Crippen molar-refractivity contribution < 1.29 is 28.8 Å². The molecular formula is C21H24N6O7S. The summed E-state index contributed by atoms with van der Waals surface area (Å²) in [7, 11) is 1.22. The Hall–Kier alpha value is -4.07.